The van der Waals surface area contributed by atoms with Gasteiger partial charge in [0.2, 0.25) is 5.88 Å². The first kappa shape index (κ1) is 27.6. The van der Waals surface area contributed by atoms with Crippen LogP contribution < -0.4 is 24.7 Å². The molecule has 0 fully saturated rings. The molecule has 1 aliphatic rings. The molecule has 1 atom stereocenters. The number of ether oxygens (including phenoxy) is 4. The van der Waals surface area contributed by atoms with Gasteiger partial charge in [-0.05, 0) is 66.9 Å². The quantitative estimate of drug-likeness (QED) is 0.186. The van der Waals surface area contributed by atoms with Gasteiger partial charge in [-0.1, -0.05) is 59.6 Å². The van der Waals surface area contributed by atoms with Gasteiger partial charge in [0, 0.05) is 16.7 Å². The normalized spacial score (nSPS) is 14.0. The molecule has 0 spiro atoms. The van der Waals surface area contributed by atoms with Crippen LogP contribution in [0.5, 0.6) is 23.0 Å². The summed E-state index contributed by atoms with van der Waals surface area (Å²) in [4.78, 5) is 12.5. The van der Waals surface area contributed by atoms with Gasteiger partial charge >= 0.3 is 5.97 Å². The van der Waals surface area contributed by atoms with Gasteiger partial charge in [0.05, 0.1) is 5.92 Å². The van der Waals surface area contributed by atoms with Crippen molar-refractivity contribution in [3.05, 3.63) is 129 Å². The lowest BCUT2D eigenvalue weighted by Gasteiger charge is -2.27. The number of nitriles is 1. The summed E-state index contributed by atoms with van der Waals surface area (Å²) >= 11 is 6.04. The summed E-state index contributed by atoms with van der Waals surface area (Å²) in [6.45, 7) is 4.00. The van der Waals surface area contributed by atoms with E-state index in [4.69, 9.17) is 36.3 Å². The van der Waals surface area contributed by atoms with Crippen LogP contribution in [0.15, 0.2) is 96.4 Å². The van der Waals surface area contributed by atoms with E-state index >= 15 is 0 Å². The molecule has 0 saturated heterocycles. The maximum atomic E-state index is 12.5. The molecule has 0 saturated carbocycles. The minimum Gasteiger partial charge on any atom is -0.489 e. The molecule has 4 aromatic carbocycles. The van der Waals surface area contributed by atoms with Crippen LogP contribution in [-0.4, -0.2) is 12.6 Å². The van der Waals surface area contributed by atoms with Crippen molar-refractivity contribution in [2.24, 2.45) is 5.73 Å². The lowest BCUT2D eigenvalue weighted by Crippen LogP contribution is -2.21. The third-order valence-electron chi connectivity index (χ3n) is 6.63. The predicted octanol–water partition coefficient (Wildman–Crippen LogP) is 6.74. The number of carbonyl (C=O) groups is 1. The minimum absolute atomic E-state index is 0.0131. The number of rotatable bonds is 8. The van der Waals surface area contributed by atoms with Crippen LogP contribution >= 0.6 is 11.6 Å². The lowest BCUT2D eigenvalue weighted by atomic mass is 9.83. The second kappa shape index (κ2) is 12.1. The van der Waals surface area contributed by atoms with Gasteiger partial charge in [0.15, 0.2) is 6.61 Å². The van der Waals surface area contributed by atoms with Crippen LogP contribution in [0.4, 0.5) is 0 Å². The van der Waals surface area contributed by atoms with Crippen LogP contribution in [0.2, 0.25) is 5.02 Å². The number of hydrogen-bond donors (Lipinski definition) is 1. The van der Waals surface area contributed by atoms with Gasteiger partial charge in [-0.15, -0.1) is 0 Å². The van der Waals surface area contributed by atoms with Crippen molar-refractivity contribution < 1.29 is 23.7 Å². The SMILES string of the molecule is Cc1ccc(COc2cccc(C3C(C#N)=C(N)Oc4cc(OC(=O)COc5ccc(Cl)c(C)c5)ccc43)c2)cc1. The topological polar surface area (TPSA) is 104 Å². The molecule has 0 aromatic heterocycles. The average Bonchev–Trinajstić information content (AvgIpc) is 2.97. The fourth-order valence-electron chi connectivity index (χ4n) is 4.49. The third kappa shape index (κ3) is 6.46. The van der Waals surface area contributed by atoms with Crippen molar-refractivity contribution in [2.45, 2.75) is 26.4 Å². The van der Waals surface area contributed by atoms with E-state index in [-0.39, 0.29) is 23.8 Å². The molecule has 0 radical (unpaired) electrons. The summed E-state index contributed by atoms with van der Waals surface area (Å²) in [6, 6.07) is 28.0. The first-order valence-electron chi connectivity index (χ1n) is 12.9. The fourth-order valence-corrected chi connectivity index (χ4v) is 4.60. The second-order valence-electron chi connectivity index (χ2n) is 9.64. The zero-order chi connectivity index (χ0) is 28.9. The van der Waals surface area contributed by atoms with Gasteiger partial charge in [-0.3, -0.25) is 0 Å². The van der Waals surface area contributed by atoms with E-state index in [2.05, 4.69) is 6.07 Å². The van der Waals surface area contributed by atoms with Crippen LogP contribution in [0.25, 0.3) is 0 Å². The number of benzene rings is 4. The highest BCUT2D eigenvalue weighted by molar-refractivity contribution is 6.31. The van der Waals surface area contributed by atoms with Gasteiger partial charge in [-0.2, -0.15) is 5.26 Å². The Balaban J connectivity index is 1.33. The van der Waals surface area contributed by atoms with Crippen molar-refractivity contribution in [3.8, 4) is 29.1 Å². The van der Waals surface area contributed by atoms with Crippen LogP contribution in [0.1, 0.15) is 33.7 Å². The number of carbonyl (C=O) groups excluding carboxylic acids is 1. The van der Waals surface area contributed by atoms with Crippen LogP contribution in [0.3, 0.4) is 0 Å². The number of aryl methyl sites for hydroxylation is 2. The first-order chi connectivity index (χ1) is 19.8. The largest absolute Gasteiger partial charge is 0.489 e. The standard InChI is InChI=1S/C33H27ClN2O5/c1-20-6-8-22(9-7-20)18-38-24-5-3-4-23(15-24)32-27-12-10-26(16-30(27)41-33(36)28(32)17-35)40-31(37)19-39-25-11-13-29(34)21(2)14-25/h3-16,32H,18-19,36H2,1-2H3. The van der Waals surface area contributed by atoms with Gasteiger partial charge in [0.25, 0.3) is 0 Å². The molecule has 0 amide bonds. The molecule has 41 heavy (non-hydrogen) atoms. The maximum Gasteiger partial charge on any atom is 0.349 e. The number of halogens is 1. The van der Waals surface area contributed by atoms with E-state index in [1.807, 2.05) is 62.4 Å². The van der Waals surface area contributed by atoms with E-state index in [9.17, 15) is 10.1 Å². The number of allylic oxidation sites excluding steroid dienone is 1. The molecule has 1 unspecified atom stereocenters. The number of nitrogens with two attached hydrogens (primary N) is 1. The van der Waals surface area contributed by atoms with E-state index in [0.29, 0.717) is 34.4 Å². The number of hydrogen-bond acceptors (Lipinski definition) is 7. The molecule has 5 rings (SSSR count). The molecule has 8 heteroatoms. The Bertz CT molecular complexity index is 1670. The molecular formula is C33H27ClN2O5. The Kier molecular flexibility index (Phi) is 8.14. The number of nitrogens with zero attached hydrogens (tertiary/aromatic N) is 1. The minimum atomic E-state index is -0.593. The zero-order valence-electron chi connectivity index (χ0n) is 22.5. The zero-order valence-corrected chi connectivity index (χ0v) is 23.3. The molecule has 0 bridgehead atoms. The predicted molar refractivity (Wildman–Crippen MR) is 155 cm³/mol. The molecular weight excluding hydrogens is 540 g/mol. The Morgan fingerprint density at radius 3 is 2.46 bits per heavy atom. The average molecular weight is 567 g/mol. The molecule has 1 aliphatic heterocycles. The Morgan fingerprint density at radius 2 is 1.71 bits per heavy atom. The van der Waals surface area contributed by atoms with E-state index in [1.54, 1.807) is 36.4 Å². The highest BCUT2D eigenvalue weighted by atomic mass is 35.5. The Morgan fingerprint density at radius 1 is 0.951 bits per heavy atom. The molecule has 2 N–H and O–H groups in total. The van der Waals surface area contributed by atoms with Gasteiger partial charge in [0.1, 0.15) is 41.2 Å². The third-order valence-corrected chi connectivity index (χ3v) is 7.05. The molecule has 7 nitrogen and oxygen atoms in total. The maximum absolute atomic E-state index is 12.5. The van der Waals surface area contributed by atoms with Crippen LogP contribution in [0, 0.1) is 25.2 Å². The van der Waals surface area contributed by atoms with E-state index in [1.165, 1.54) is 5.56 Å². The lowest BCUT2D eigenvalue weighted by molar-refractivity contribution is -0.136. The highest BCUT2D eigenvalue weighted by Gasteiger charge is 2.31. The molecule has 4 aromatic rings. The summed E-state index contributed by atoms with van der Waals surface area (Å²) in [6.07, 6.45) is 0. The molecule has 0 aliphatic carbocycles. The second-order valence-corrected chi connectivity index (χ2v) is 10.1. The smallest absolute Gasteiger partial charge is 0.349 e. The van der Waals surface area contributed by atoms with E-state index in [0.717, 1.165) is 16.7 Å². The van der Waals surface area contributed by atoms with E-state index < -0.39 is 11.9 Å². The van der Waals surface area contributed by atoms with Crippen molar-refractivity contribution >= 4 is 17.6 Å². The van der Waals surface area contributed by atoms with Gasteiger partial charge < -0.3 is 24.7 Å². The van der Waals surface area contributed by atoms with Crippen molar-refractivity contribution in [1.29, 1.82) is 5.26 Å². The number of fused-ring (bicyclic) bond motifs is 1. The van der Waals surface area contributed by atoms with Crippen molar-refractivity contribution in [1.82, 2.24) is 0 Å². The summed E-state index contributed by atoms with van der Waals surface area (Å²) in [5.41, 5.74) is 11.0. The monoisotopic (exact) mass is 566 g/mol. The highest BCUT2D eigenvalue weighted by Crippen LogP contribution is 2.44. The Labute approximate surface area is 243 Å². The molecule has 206 valence electrons. The summed E-state index contributed by atoms with van der Waals surface area (Å²) < 4.78 is 22.8. The number of esters is 1. The summed E-state index contributed by atoms with van der Waals surface area (Å²) in [5.74, 6) is 0.711. The van der Waals surface area contributed by atoms with Crippen molar-refractivity contribution in [2.75, 3.05) is 6.61 Å². The Hall–Kier alpha value is -4.93. The summed E-state index contributed by atoms with van der Waals surface area (Å²) in [7, 11) is 0. The fraction of sp³-hybridized carbons (Fsp3) is 0.152. The summed E-state index contributed by atoms with van der Waals surface area (Å²) in [5, 5.41) is 10.5. The van der Waals surface area contributed by atoms with Crippen LogP contribution in [-0.2, 0) is 11.4 Å². The first-order valence-corrected chi connectivity index (χ1v) is 13.3. The molecule has 1 heterocycles. The van der Waals surface area contributed by atoms with Gasteiger partial charge in [-0.25, -0.2) is 4.79 Å². The van der Waals surface area contributed by atoms with Crippen molar-refractivity contribution in [3.63, 3.8) is 0 Å².